The summed E-state index contributed by atoms with van der Waals surface area (Å²) in [6.07, 6.45) is 1.64. The molecule has 8 heteroatoms. The number of H-pyrrole nitrogens is 1. The molecule has 7 nitrogen and oxygen atoms in total. The largest absolute Gasteiger partial charge is 0.382 e. The molecule has 0 saturated heterocycles. The maximum Gasteiger partial charge on any atom is 0.271 e. The Morgan fingerprint density at radius 2 is 2.40 bits per heavy atom. The van der Waals surface area contributed by atoms with Crippen LogP contribution < -0.4 is 11.1 Å². The van der Waals surface area contributed by atoms with E-state index in [1.54, 1.807) is 25.4 Å². The monoisotopic (exact) mass is 295 g/mol. The molecule has 4 N–H and O–H groups in total. The highest BCUT2D eigenvalue weighted by atomic mass is 35.5. The number of nitrogens with one attached hydrogen (secondary N) is 2. The molecule has 0 aromatic carbocycles. The van der Waals surface area contributed by atoms with E-state index in [0.717, 1.165) is 0 Å². The van der Waals surface area contributed by atoms with E-state index in [9.17, 15) is 4.79 Å². The number of carbonyl (C=O) groups is 1. The number of amides is 1. The Hall–Kier alpha value is -2.12. The van der Waals surface area contributed by atoms with Crippen molar-refractivity contribution in [3.8, 4) is 0 Å². The molecule has 0 aliphatic heterocycles. The number of methoxy groups -OCH3 is 1. The van der Waals surface area contributed by atoms with Crippen LogP contribution >= 0.6 is 11.6 Å². The van der Waals surface area contributed by atoms with E-state index in [1.807, 2.05) is 6.07 Å². The molecule has 0 aliphatic rings. The fourth-order valence-corrected chi connectivity index (χ4v) is 1.84. The first kappa shape index (κ1) is 14.3. The average molecular weight is 296 g/mol. The lowest BCUT2D eigenvalue weighted by molar-refractivity contribution is 0.0889. The summed E-state index contributed by atoms with van der Waals surface area (Å²) in [5.74, 6) is -0.343. The lowest BCUT2D eigenvalue weighted by Gasteiger charge is -2.16. The van der Waals surface area contributed by atoms with E-state index in [1.165, 1.54) is 0 Å². The molecule has 0 spiro atoms. The van der Waals surface area contributed by atoms with Crippen LogP contribution in [0.25, 0.3) is 0 Å². The van der Waals surface area contributed by atoms with Crippen LogP contribution in [0.1, 0.15) is 22.2 Å². The van der Waals surface area contributed by atoms with Gasteiger partial charge in [-0.25, -0.2) is 0 Å². The number of carbonyl (C=O) groups excluding carboxylic acids is 1. The standard InChI is InChI=1S/C12H14ClN5O2/c1-20-6-8(7-4-2-3-5-15-7)16-12(19)10-9(13)11(14)18-17-10/h2-5,8H,6H2,1H3,(H,16,19)(H3,14,17,18). The highest BCUT2D eigenvalue weighted by Gasteiger charge is 2.21. The van der Waals surface area contributed by atoms with Crippen LogP contribution in [0.15, 0.2) is 24.4 Å². The molecule has 0 bridgehead atoms. The summed E-state index contributed by atoms with van der Waals surface area (Å²) in [6, 6.07) is 5.03. The molecule has 1 unspecified atom stereocenters. The molecule has 2 heterocycles. The molecule has 20 heavy (non-hydrogen) atoms. The number of pyridine rings is 1. The molecule has 0 saturated carbocycles. The Balaban J connectivity index is 2.16. The van der Waals surface area contributed by atoms with Gasteiger partial charge in [-0.3, -0.25) is 14.9 Å². The summed E-state index contributed by atoms with van der Waals surface area (Å²) >= 11 is 5.88. The zero-order valence-corrected chi connectivity index (χ0v) is 11.5. The molecule has 106 valence electrons. The zero-order chi connectivity index (χ0) is 14.5. The van der Waals surface area contributed by atoms with Gasteiger partial charge in [0.1, 0.15) is 10.7 Å². The lowest BCUT2D eigenvalue weighted by Crippen LogP contribution is -2.32. The molecule has 2 aromatic rings. The summed E-state index contributed by atoms with van der Waals surface area (Å²) in [4.78, 5) is 16.3. The second kappa shape index (κ2) is 6.36. The topological polar surface area (TPSA) is 106 Å². The number of aromatic amines is 1. The summed E-state index contributed by atoms with van der Waals surface area (Å²) in [5, 5.41) is 9.03. The van der Waals surface area contributed by atoms with E-state index >= 15 is 0 Å². The molecule has 0 radical (unpaired) electrons. The normalized spacial score (nSPS) is 12.1. The number of nitrogens with zero attached hydrogens (tertiary/aromatic N) is 2. The van der Waals surface area contributed by atoms with Gasteiger partial charge in [0.25, 0.3) is 5.91 Å². The van der Waals surface area contributed by atoms with Crippen LogP contribution in [-0.2, 0) is 4.74 Å². The van der Waals surface area contributed by atoms with E-state index in [2.05, 4.69) is 20.5 Å². The van der Waals surface area contributed by atoms with E-state index < -0.39 is 11.9 Å². The second-order valence-electron chi connectivity index (χ2n) is 4.03. The van der Waals surface area contributed by atoms with Crippen LogP contribution in [0.5, 0.6) is 0 Å². The van der Waals surface area contributed by atoms with Gasteiger partial charge in [0.15, 0.2) is 5.82 Å². The van der Waals surface area contributed by atoms with Gasteiger partial charge in [-0.15, -0.1) is 0 Å². The smallest absolute Gasteiger partial charge is 0.271 e. The van der Waals surface area contributed by atoms with Crippen molar-refractivity contribution in [3.63, 3.8) is 0 Å². The van der Waals surface area contributed by atoms with Crippen molar-refractivity contribution in [3.05, 3.63) is 40.8 Å². The van der Waals surface area contributed by atoms with Crippen LogP contribution in [-0.4, -0.2) is 34.8 Å². The number of nitrogen functional groups attached to an aromatic ring is 1. The van der Waals surface area contributed by atoms with Crippen molar-refractivity contribution in [2.24, 2.45) is 0 Å². The molecule has 1 atom stereocenters. The van der Waals surface area contributed by atoms with Gasteiger partial charge in [-0.1, -0.05) is 17.7 Å². The Kier molecular flexibility index (Phi) is 4.54. The van der Waals surface area contributed by atoms with Crippen molar-refractivity contribution in [1.29, 1.82) is 0 Å². The fraction of sp³-hybridized carbons (Fsp3) is 0.250. The number of hydrogen-bond acceptors (Lipinski definition) is 5. The fourth-order valence-electron chi connectivity index (χ4n) is 1.67. The number of halogens is 1. The Morgan fingerprint density at radius 1 is 1.60 bits per heavy atom. The Bertz CT molecular complexity index is 587. The summed E-state index contributed by atoms with van der Waals surface area (Å²) in [6.45, 7) is 0.282. The molecule has 2 rings (SSSR count). The molecule has 0 aliphatic carbocycles. The number of ether oxygens (including phenoxy) is 1. The van der Waals surface area contributed by atoms with E-state index in [-0.39, 0.29) is 23.1 Å². The third-order valence-corrected chi connectivity index (χ3v) is 3.03. The lowest BCUT2D eigenvalue weighted by atomic mass is 10.2. The molecule has 2 aromatic heterocycles. The van der Waals surface area contributed by atoms with Gasteiger partial charge >= 0.3 is 0 Å². The SMILES string of the molecule is COCC(NC(=O)c1[nH]nc(N)c1Cl)c1ccccn1. The predicted octanol–water partition coefficient (Wildman–Crippen LogP) is 1.16. The van der Waals surface area contributed by atoms with Gasteiger partial charge in [-0.2, -0.15) is 5.10 Å². The van der Waals surface area contributed by atoms with Crippen LogP contribution in [0.4, 0.5) is 5.82 Å². The predicted molar refractivity (Wildman–Crippen MR) is 74.3 cm³/mol. The van der Waals surface area contributed by atoms with Crippen LogP contribution in [0, 0.1) is 0 Å². The third-order valence-electron chi connectivity index (χ3n) is 2.64. The van der Waals surface area contributed by atoms with E-state index in [4.69, 9.17) is 22.1 Å². The zero-order valence-electron chi connectivity index (χ0n) is 10.8. The van der Waals surface area contributed by atoms with Gasteiger partial charge in [-0.05, 0) is 12.1 Å². The van der Waals surface area contributed by atoms with Crippen LogP contribution in [0.3, 0.4) is 0 Å². The highest BCUT2D eigenvalue weighted by molar-refractivity contribution is 6.35. The molecular formula is C12H14ClN5O2. The quantitative estimate of drug-likeness (QED) is 0.767. The minimum atomic E-state index is -0.424. The van der Waals surface area contributed by atoms with Crippen molar-refractivity contribution >= 4 is 23.3 Å². The van der Waals surface area contributed by atoms with Crippen molar-refractivity contribution in [2.45, 2.75) is 6.04 Å². The maximum absolute atomic E-state index is 12.1. The van der Waals surface area contributed by atoms with Crippen LogP contribution in [0.2, 0.25) is 5.02 Å². The summed E-state index contributed by atoms with van der Waals surface area (Å²) in [7, 11) is 1.54. The summed E-state index contributed by atoms with van der Waals surface area (Å²) in [5.41, 5.74) is 6.29. The minimum Gasteiger partial charge on any atom is -0.382 e. The van der Waals surface area contributed by atoms with Gasteiger partial charge < -0.3 is 15.8 Å². The van der Waals surface area contributed by atoms with Gasteiger partial charge in [0.05, 0.1) is 18.3 Å². The van der Waals surface area contributed by atoms with E-state index in [0.29, 0.717) is 5.69 Å². The van der Waals surface area contributed by atoms with Gasteiger partial charge in [0.2, 0.25) is 0 Å². The highest BCUT2D eigenvalue weighted by Crippen LogP contribution is 2.20. The van der Waals surface area contributed by atoms with Crippen molar-refractivity contribution < 1.29 is 9.53 Å². The molecular weight excluding hydrogens is 282 g/mol. The number of rotatable bonds is 5. The number of nitrogens with two attached hydrogens (primary N) is 1. The maximum atomic E-state index is 12.1. The first-order valence-electron chi connectivity index (χ1n) is 5.83. The second-order valence-corrected chi connectivity index (χ2v) is 4.41. The molecule has 1 amide bonds. The van der Waals surface area contributed by atoms with Crippen molar-refractivity contribution in [2.75, 3.05) is 19.5 Å². The third kappa shape index (κ3) is 3.06. The average Bonchev–Trinajstić information content (AvgIpc) is 2.79. The number of aromatic nitrogens is 3. The Labute approximate surface area is 120 Å². The molecule has 0 fully saturated rings. The minimum absolute atomic E-state index is 0.0814. The number of hydrogen-bond donors (Lipinski definition) is 3. The van der Waals surface area contributed by atoms with Gasteiger partial charge in [0, 0.05) is 13.3 Å². The first-order valence-corrected chi connectivity index (χ1v) is 6.21. The summed E-state index contributed by atoms with van der Waals surface area (Å²) < 4.78 is 5.09. The first-order chi connectivity index (χ1) is 9.63. The Morgan fingerprint density at radius 3 is 2.95 bits per heavy atom. The number of anilines is 1. The van der Waals surface area contributed by atoms with Crippen molar-refractivity contribution in [1.82, 2.24) is 20.5 Å².